The molecule has 0 fully saturated rings. The van der Waals surface area contributed by atoms with Crippen LogP contribution in [-0.4, -0.2) is 12.7 Å². The minimum absolute atomic E-state index is 0.231. The van der Waals surface area contributed by atoms with Crippen molar-refractivity contribution < 1.29 is 8.42 Å². The average molecular weight is 429 g/mol. The molecular formula is C23H25ClN2O2S. The molecule has 0 aromatic heterocycles. The molecule has 6 heteroatoms. The van der Waals surface area contributed by atoms with Crippen LogP contribution < -0.4 is 5.73 Å². The van der Waals surface area contributed by atoms with Crippen LogP contribution in [0.25, 0.3) is 0 Å². The van der Waals surface area contributed by atoms with Crippen molar-refractivity contribution in [2.24, 2.45) is 5.73 Å². The van der Waals surface area contributed by atoms with Crippen molar-refractivity contribution in [3.8, 4) is 0 Å². The van der Waals surface area contributed by atoms with E-state index in [2.05, 4.69) is 0 Å². The molecule has 0 amide bonds. The Balaban J connectivity index is 2.05. The fourth-order valence-corrected chi connectivity index (χ4v) is 5.15. The Kier molecular flexibility index (Phi) is 7.09. The molecule has 152 valence electrons. The molecule has 29 heavy (non-hydrogen) atoms. The van der Waals surface area contributed by atoms with E-state index in [0.29, 0.717) is 18.0 Å². The van der Waals surface area contributed by atoms with E-state index in [-0.39, 0.29) is 17.5 Å². The van der Waals surface area contributed by atoms with Crippen molar-refractivity contribution >= 4 is 21.6 Å². The molecule has 2 N–H and O–H groups in total. The number of sulfonamides is 1. The van der Waals surface area contributed by atoms with Gasteiger partial charge in [-0.3, -0.25) is 0 Å². The minimum atomic E-state index is -3.74. The highest BCUT2D eigenvalue weighted by Gasteiger charge is 2.31. The first-order valence-corrected chi connectivity index (χ1v) is 11.4. The summed E-state index contributed by atoms with van der Waals surface area (Å²) in [5, 5.41) is 0.503. The third-order valence-corrected chi connectivity index (χ3v) is 7.06. The van der Waals surface area contributed by atoms with Gasteiger partial charge in [0.05, 0.1) is 10.9 Å². The number of hydrogen-bond donors (Lipinski definition) is 1. The maximum Gasteiger partial charge on any atom is 0.243 e. The van der Waals surface area contributed by atoms with Crippen LogP contribution in [-0.2, 0) is 23.1 Å². The molecule has 0 aliphatic rings. The normalized spacial score (nSPS) is 12.8. The van der Waals surface area contributed by atoms with E-state index in [1.165, 1.54) is 0 Å². The van der Waals surface area contributed by atoms with E-state index < -0.39 is 10.0 Å². The third-order valence-electron chi connectivity index (χ3n) is 4.94. The monoisotopic (exact) mass is 428 g/mol. The van der Waals surface area contributed by atoms with Gasteiger partial charge in [0.15, 0.2) is 0 Å². The van der Waals surface area contributed by atoms with Gasteiger partial charge in [0, 0.05) is 18.1 Å². The lowest BCUT2D eigenvalue weighted by Crippen LogP contribution is -2.34. The Morgan fingerprint density at radius 2 is 1.48 bits per heavy atom. The molecule has 4 nitrogen and oxygen atoms in total. The Morgan fingerprint density at radius 1 is 0.897 bits per heavy atom. The second-order valence-electron chi connectivity index (χ2n) is 6.86. The molecule has 1 unspecified atom stereocenters. The molecule has 0 bridgehead atoms. The van der Waals surface area contributed by atoms with Crippen LogP contribution in [0.2, 0.25) is 5.02 Å². The van der Waals surface area contributed by atoms with Gasteiger partial charge in [-0.05, 0) is 47.4 Å². The molecule has 0 aliphatic heterocycles. The molecule has 3 aromatic rings. The van der Waals surface area contributed by atoms with E-state index in [1.54, 1.807) is 28.6 Å². The third kappa shape index (κ3) is 5.06. The zero-order chi connectivity index (χ0) is 20.9. The van der Waals surface area contributed by atoms with E-state index >= 15 is 0 Å². The van der Waals surface area contributed by atoms with Crippen LogP contribution in [0.5, 0.6) is 0 Å². The fraction of sp³-hybridized carbons (Fsp3) is 0.217. The largest absolute Gasteiger partial charge is 0.326 e. The number of benzene rings is 3. The first-order valence-electron chi connectivity index (χ1n) is 9.56. The zero-order valence-electron chi connectivity index (χ0n) is 16.3. The van der Waals surface area contributed by atoms with Crippen LogP contribution in [0.15, 0.2) is 83.8 Å². The summed E-state index contributed by atoms with van der Waals surface area (Å²) in [6.07, 6.45) is 0.651. The van der Waals surface area contributed by atoms with Gasteiger partial charge >= 0.3 is 0 Å². The molecule has 3 rings (SSSR count). The number of halogens is 1. The summed E-state index contributed by atoms with van der Waals surface area (Å²) in [5.41, 5.74) is 8.57. The van der Waals surface area contributed by atoms with Crippen molar-refractivity contribution in [1.82, 2.24) is 4.31 Å². The van der Waals surface area contributed by atoms with Gasteiger partial charge < -0.3 is 5.73 Å². The second-order valence-corrected chi connectivity index (χ2v) is 9.19. The average Bonchev–Trinajstić information content (AvgIpc) is 2.75. The summed E-state index contributed by atoms with van der Waals surface area (Å²) in [6, 6.07) is 23.5. The van der Waals surface area contributed by atoms with Crippen molar-refractivity contribution in [2.75, 3.05) is 0 Å². The summed E-state index contributed by atoms with van der Waals surface area (Å²) >= 11 is 5.97. The maximum atomic E-state index is 13.6. The van der Waals surface area contributed by atoms with Gasteiger partial charge in [-0.15, -0.1) is 0 Å². The standard InChI is InChI=1S/C23H25ClN2O2S/c1-2-23(20-6-4-3-5-7-20)26(17-19-10-8-18(16-25)9-11-19)29(27,28)22-14-12-21(24)13-15-22/h3-15,23H,2,16-17,25H2,1H3. The topological polar surface area (TPSA) is 63.4 Å². The first-order chi connectivity index (χ1) is 14.0. The summed E-state index contributed by atoms with van der Waals surface area (Å²) in [7, 11) is -3.74. The van der Waals surface area contributed by atoms with Gasteiger partial charge in [-0.2, -0.15) is 4.31 Å². The number of rotatable bonds is 8. The van der Waals surface area contributed by atoms with E-state index in [4.69, 9.17) is 17.3 Å². The van der Waals surface area contributed by atoms with Crippen LogP contribution in [0.3, 0.4) is 0 Å². The summed E-state index contributed by atoms with van der Waals surface area (Å²) in [4.78, 5) is 0.231. The number of hydrogen-bond acceptors (Lipinski definition) is 3. The molecule has 0 heterocycles. The Morgan fingerprint density at radius 3 is 2.03 bits per heavy atom. The summed E-state index contributed by atoms with van der Waals surface area (Å²) in [6.45, 7) is 2.72. The highest BCUT2D eigenvalue weighted by Crippen LogP contribution is 2.32. The lowest BCUT2D eigenvalue weighted by Gasteiger charge is -2.31. The Hall–Kier alpha value is -2.18. The molecule has 0 spiro atoms. The lowest BCUT2D eigenvalue weighted by atomic mass is 10.0. The van der Waals surface area contributed by atoms with Gasteiger partial charge in [0.25, 0.3) is 0 Å². The fourth-order valence-electron chi connectivity index (χ4n) is 3.35. The highest BCUT2D eigenvalue weighted by atomic mass is 35.5. The lowest BCUT2D eigenvalue weighted by molar-refractivity contribution is 0.310. The summed E-state index contributed by atoms with van der Waals surface area (Å²) in [5.74, 6) is 0. The maximum absolute atomic E-state index is 13.6. The van der Waals surface area contributed by atoms with Gasteiger partial charge in [-0.25, -0.2) is 8.42 Å². The van der Waals surface area contributed by atoms with E-state index in [1.807, 2.05) is 61.5 Å². The Bertz CT molecular complexity index is 1020. The van der Waals surface area contributed by atoms with Crippen LogP contribution in [0.4, 0.5) is 0 Å². The highest BCUT2D eigenvalue weighted by molar-refractivity contribution is 7.89. The van der Waals surface area contributed by atoms with E-state index in [9.17, 15) is 8.42 Å². The molecule has 0 saturated carbocycles. The van der Waals surface area contributed by atoms with Crippen molar-refractivity contribution in [2.45, 2.75) is 37.4 Å². The molecular weight excluding hydrogens is 404 g/mol. The number of nitrogens with zero attached hydrogens (tertiary/aromatic N) is 1. The van der Waals surface area contributed by atoms with Crippen molar-refractivity contribution in [3.05, 3.63) is 101 Å². The minimum Gasteiger partial charge on any atom is -0.326 e. The smallest absolute Gasteiger partial charge is 0.243 e. The molecule has 1 atom stereocenters. The first kappa shape index (κ1) is 21.5. The van der Waals surface area contributed by atoms with Gasteiger partial charge in [0.1, 0.15) is 0 Å². The van der Waals surface area contributed by atoms with Crippen LogP contribution in [0.1, 0.15) is 36.1 Å². The van der Waals surface area contributed by atoms with Crippen LogP contribution >= 0.6 is 11.6 Å². The quantitative estimate of drug-likeness (QED) is 0.540. The van der Waals surface area contributed by atoms with Crippen LogP contribution in [0, 0.1) is 0 Å². The predicted molar refractivity (Wildman–Crippen MR) is 118 cm³/mol. The van der Waals surface area contributed by atoms with Crippen molar-refractivity contribution in [3.63, 3.8) is 0 Å². The predicted octanol–water partition coefficient (Wildman–Crippen LogP) is 5.14. The van der Waals surface area contributed by atoms with Crippen molar-refractivity contribution in [1.29, 1.82) is 0 Å². The summed E-state index contributed by atoms with van der Waals surface area (Å²) < 4.78 is 28.8. The number of nitrogens with two attached hydrogens (primary N) is 1. The van der Waals surface area contributed by atoms with Gasteiger partial charge in [0.2, 0.25) is 10.0 Å². The molecule has 0 radical (unpaired) electrons. The molecule has 3 aromatic carbocycles. The second kappa shape index (κ2) is 9.55. The van der Waals surface area contributed by atoms with E-state index in [0.717, 1.165) is 16.7 Å². The zero-order valence-corrected chi connectivity index (χ0v) is 17.9. The Labute approximate surface area is 178 Å². The van der Waals surface area contributed by atoms with Gasteiger partial charge in [-0.1, -0.05) is 73.1 Å². The molecule has 0 aliphatic carbocycles. The SMILES string of the molecule is CCC(c1ccccc1)N(Cc1ccc(CN)cc1)S(=O)(=O)c1ccc(Cl)cc1. The molecule has 0 saturated heterocycles.